The van der Waals surface area contributed by atoms with Gasteiger partial charge >= 0.3 is 0 Å². The zero-order valence-electron chi connectivity index (χ0n) is 21.6. The summed E-state index contributed by atoms with van der Waals surface area (Å²) in [6, 6.07) is 6.37. The second-order valence-corrected chi connectivity index (χ2v) is 10.2. The number of ether oxygens (including phenoxy) is 2. The zero-order valence-corrected chi connectivity index (χ0v) is 21.6. The van der Waals surface area contributed by atoms with Gasteiger partial charge in [0.1, 0.15) is 89.4 Å². The van der Waals surface area contributed by atoms with Gasteiger partial charge in [0.15, 0.2) is 11.0 Å². The maximum absolute atomic E-state index is 13.5. The predicted octanol–water partition coefficient (Wildman–Crippen LogP) is -2.39. The van der Waals surface area contributed by atoms with Crippen LogP contribution in [-0.2, 0) is 9.47 Å². The minimum atomic E-state index is -2.02. The Kier molecular flexibility index (Phi) is 8.16. The predicted molar refractivity (Wildman–Crippen MR) is 138 cm³/mol. The van der Waals surface area contributed by atoms with E-state index in [1.54, 1.807) is 0 Å². The maximum Gasteiger partial charge on any atom is 0.197 e. The summed E-state index contributed by atoms with van der Waals surface area (Å²) in [5, 5.41) is 114. The van der Waals surface area contributed by atoms with Gasteiger partial charge in [-0.2, -0.15) is 0 Å². The van der Waals surface area contributed by atoms with E-state index in [4.69, 9.17) is 13.9 Å². The first-order valence-corrected chi connectivity index (χ1v) is 12.9. The van der Waals surface area contributed by atoms with Crippen LogP contribution >= 0.6 is 0 Å². The van der Waals surface area contributed by atoms with Gasteiger partial charge < -0.3 is 70.1 Å². The molecule has 0 spiro atoms. The Morgan fingerprint density at radius 2 is 1.14 bits per heavy atom. The van der Waals surface area contributed by atoms with Crippen molar-refractivity contribution in [3.05, 3.63) is 51.7 Å². The molecule has 0 saturated carbocycles. The smallest absolute Gasteiger partial charge is 0.197 e. The molecule has 10 atom stereocenters. The van der Waals surface area contributed by atoms with E-state index in [1.807, 2.05) is 0 Å². The fraction of sp³-hybridized carbons (Fsp3) is 0.444. The van der Waals surface area contributed by atoms with E-state index in [0.29, 0.717) is 0 Å². The number of rotatable bonds is 5. The number of phenolic OH excluding ortho intramolecular Hbond substituents is 3. The number of fused-ring (bicyclic) bond motifs is 1. The summed E-state index contributed by atoms with van der Waals surface area (Å²) in [5.41, 5.74) is -2.48. The third kappa shape index (κ3) is 4.79. The highest BCUT2D eigenvalue weighted by atomic mass is 16.6. The van der Waals surface area contributed by atoms with Gasteiger partial charge in [-0.05, 0) is 24.3 Å². The van der Waals surface area contributed by atoms with Gasteiger partial charge in [0.2, 0.25) is 0 Å². The molecule has 0 aliphatic carbocycles. The van der Waals surface area contributed by atoms with Crippen molar-refractivity contribution in [1.29, 1.82) is 0 Å². The van der Waals surface area contributed by atoms with Gasteiger partial charge in [0, 0.05) is 11.6 Å². The fourth-order valence-electron chi connectivity index (χ4n) is 5.39. The quantitative estimate of drug-likeness (QED) is 0.147. The molecule has 2 aliphatic heterocycles. The standard InChI is InChI=1S/C27H30O15/c28-6-12-17(32)21(36)23(38)26(41-12)15-19(34)14-10(31)5-11(8-1-3-9(30)4-2-8)40-25(14)16(20(15)35)27-24(39)22(37)18(33)13(7-29)42-27/h1-5,12-13,17-18,21-24,26-30,32-39H,6-7H2/t12-,13-,17-,18-,21+,22+,23-,24-,26+,27?/m1/s1. The molecular formula is C27H30O15. The van der Waals surface area contributed by atoms with E-state index >= 15 is 0 Å². The normalized spacial score (nSPS) is 33.6. The molecule has 2 fully saturated rings. The van der Waals surface area contributed by atoms with Crippen molar-refractivity contribution in [3.8, 4) is 28.6 Å². The van der Waals surface area contributed by atoms with Gasteiger partial charge in [-0.3, -0.25) is 4.79 Å². The third-order valence-corrected chi connectivity index (χ3v) is 7.70. The molecule has 42 heavy (non-hydrogen) atoms. The lowest BCUT2D eigenvalue weighted by atomic mass is 9.85. The van der Waals surface area contributed by atoms with Crippen molar-refractivity contribution in [2.75, 3.05) is 13.2 Å². The monoisotopic (exact) mass is 594 g/mol. The van der Waals surface area contributed by atoms with Crippen LogP contribution < -0.4 is 5.43 Å². The van der Waals surface area contributed by atoms with Crippen LogP contribution in [0.25, 0.3) is 22.3 Å². The molecule has 15 heteroatoms. The van der Waals surface area contributed by atoms with E-state index in [-0.39, 0.29) is 17.1 Å². The van der Waals surface area contributed by atoms with Crippen LogP contribution in [0.1, 0.15) is 23.3 Å². The van der Waals surface area contributed by atoms with Crippen molar-refractivity contribution in [1.82, 2.24) is 0 Å². The number of benzene rings is 2. The Morgan fingerprint density at radius 1 is 0.643 bits per heavy atom. The van der Waals surface area contributed by atoms with Crippen molar-refractivity contribution < 1.29 is 70.1 Å². The average Bonchev–Trinajstić information content (AvgIpc) is 2.97. The molecule has 0 radical (unpaired) electrons. The van der Waals surface area contributed by atoms with Gasteiger partial charge in [-0.1, -0.05) is 0 Å². The first-order valence-electron chi connectivity index (χ1n) is 12.9. The molecule has 3 heterocycles. The molecule has 5 rings (SSSR count). The van der Waals surface area contributed by atoms with Crippen molar-refractivity contribution >= 4 is 11.0 Å². The molecule has 3 aromatic rings. The van der Waals surface area contributed by atoms with Crippen LogP contribution in [0.15, 0.2) is 39.5 Å². The zero-order chi connectivity index (χ0) is 30.6. The second kappa shape index (κ2) is 11.4. The molecule has 2 aliphatic rings. The number of hydrogen-bond acceptors (Lipinski definition) is 15. The van der Waals surface area contributed by atoms with Crippen molar-refractivity contribution in [2.45, 2.75) is 61.0 Å². The topological polar surface area (TPSA) is 271 Å². The van der Waals surface area contributed by atoms with Crippen LogP contribution in [0, 0.1) is 0 Å². The number of aromatic hydroxyl groups is 3. The summed E-state index contributed by atoms with van der Waals surface area (Å²) in [7, 11) is 0. The largest absolute Gasteiger partial charge is 0.508 e. The van der Waals surface area contributed by atoms with Crippen LogP contribution in [0.5, 0.6) is 17.2 Å². The first kappa shape index (κ1) is 30.1. The summed E-state index contributed by atoms with van der Waals surface area (Å²) in [6.07, 6.45) is -18.2. The molecule has 15 nitrogen and oxygen atoms in total. The Bertz CT molecular complexity index is 1500. The summed E-state index contributed by atoms with van der Waals surface area (Å²) in [4.78, 5) is 13.5. The lowest BCUT2D eigenvalue weighted by Gasteiger charge is -2.42. The highest BCUT2D eigenvalue weighted by Gasteiger charge is 2.50. The summed E-state index contributed by atoms with van der Waals surface area (Å²) in [5.74, 6) is -2.20. The summed E-state index contributed by atoms with van der Waals surface area (Å²) < 4.78 is 17.0. The number of phenols is 3. The first-order chi connectivity index (χ1) is 19.9. The summed E-state index contributed by atoms with van der Waals surface area (Å²) in [6.45, 7) is -1.70. The van der Waals surface area contributed by atoms with Crippen LogP contribution in [0.2, 0.25) is 0 Å². The van der Waals surface area contributed by atoms with E-state index in [0.717, 1.165) is 6.07 Å². The van der Waals surface area contributed by atoms with Crippen molar-refractivity contribution in [3.63, 3.8) is 0 Å². The van der Waals surface area contributed by atoms with Gasteiger partial charge in [-0.25, -0.2) is 0 Å². The molecule has 1 aromatic heterocycles. The van der Waals surface area contributed by atoms with Gasteiger partial charge in [-0.15, -0.1) is 0 Å². The molecule has 1 unspecified atom stereocenters. The van der Waals surface area contributed by atoms with Gasteiger partial charge in [0.25, 0.3) is 0 Å². The summed E-state index contributed by atoms with van der Waals surface area (Å²) >= 11 is 0. The highest BCUT2D eigenvalue weighted by molar-refractivity contribution is 5.92. The van der Waals surface area contributed by atoms with E-state index in [2.05, 4.69) is 0 Å². The van der Waals surface area contributed by atoms with E-state index in [9.17, 15) is 61.0 Å². The molecule has 2 saturated heterocycles. The minimum absolute atomic E-state index is 0.0941. The van der Waals surface area contributed by atoms with Crippen LogP contribution in [0.3, 0.4) is 0 Å². The fourth-order valence-corrected chi connectivity index (χ4v) is 5.39. The van der Waals surface area contributed by atoms with Crippen molar-refractivity contribution in [2.24, 2.45) is 0 Å². The second-order valence-electron chi connectivity index (χ2n) is 10.2. The number of hydrogen-bond donors (Lipinski definition) is 11. The average molecular weight is 595 g/mol. The maximum atomic E-state index is 13.5. The Morgan fingerprint density at radius 3 is 1.64 bits per heavy atom. The molecule has 228 valence electrons. The Balaban J connectivity index is 1.82. The highest BCUT2D eigenvalue weighted by Crippen LogP contribution is 2.51. The Labute approximate surface area is 235 Å². The number of aliphatic hydroxyl groups excluding tert-OH is 8. The molecule has 2 aromatic carbocycles. The molecule has 0 bridgehead atoms. The Hall–Kier alpha value is -3.35. The third-order valence-electron chi connectivity index (χ3n) is 7.70. The SMILES string of the molecule is O=c1cc(-c2ccc(O)cc2)oc2c(C3O[C@H](CO)[C@@H](O)[C@H](O)[C@H]3O)c(O)c([C@@H]3O[C@H](CO)[C@@H](O)[C@H](O)[C@H]3O)c(O)c12. The minimum Gasteiger partial charge on any atom is -0.508 e. The lowest BCUT2D eigenvalue weighted by Crippen LogP contribution is -2.55. The number of aliphatic hydroxyl groups is 8. The van der Waals surface area contributed by atoms with E-state index < -0.39 is 113 Å². The molecular weight excluding hydrogens is 564 g/mol. The molecule has 11 N–H and O–H groups in total. The van der Waals surface area contributed by atoms with E-state index in [1.165, 1.54) is 24.3 Å². The lowest BCUT2D eigenvalue weighted by molar-refractivity contribution is -0.234. The van der Waals surface area contributed by atoms with Gasteiger partial charge in [0.05, 0.1) is 24.3 Å². The van der Waals surface area contributed by atoms with Crippen LogP contribution in [-0.4, -0.2) is 118 Å². The molecule has 0 amide bonds. The van der Waals surface area contributed by atoms with Crippen LogP contribution in [0.4, 0.5) is 0 Å².